The fraction of sp³-hybridized carbons (Fsp3) is 0.591. The molecule has 2 aromatic heterocycles. The van der Waals surface area contributed by atoms with E-state index in [1.165, 1.54) is 5.56 Å². The fourth-order valence-electron chi connectivity index (χ4n) is 4.86. The van der Waals surface area contributed by atoms with Crippen LogP contribution in [0.4, 0.5) is 0 Å². The summed E-state index contributed by atoms with van der Waals surface area (Å²) in [5.41, 5.74) is 3.35. The van der Waals surface area contributed by atoms with Crippen LogP contribution in [-0.2, 0) is 17.9 Å². The molecule has 4 heterocycles. The average Bonchev–Trinajstić information content (AvgIpc) is 3.22. The van der Waals surface area contributed by atoms with E-state index in [1.54, 1.807) is 6.20 Å². The van der Waals surface area contributed by atoms with Gasteiger partial charge in [0.05, 0.1) is 24.0 Å². The highest BCUT2D eigenvalue weighted by atomic mass is 16.5. The van der Waals surface area contributed by atoms with Crippen LogP contribution in [0.1, 0.15) is 42.0 Å². The van der Waals surface area contributed by atoms with Crippen molar-refractivity contribution in [3.05, 3.63) is 47.1 Å². The fourth-order valence-corrected chi connectivity index (χ4v) is 4.86. The van der Waals surface area contributed by atoms with Gasteiger partial charge in [0.1, 0.15) is 5.76 Å². The number of likely N-dealkylation sites (tertiary alicyclic amines) is 2. The van der Waals surface area contributed by atoms with Gasteiger partial charge in [-0.05, 0) is 70.8 Å². The van der Waals surface area contributed by atoms with Gasteiger partial charge < -0.3 is 9.84 Å². The van der Waals surface area contributed by atoms with E-state index >= 15 is 0 Å². The Hall–Kier alpha value is -2.25. The summed E-state index contributed by atoms with van der Waals surface area (Å²) in [5.74, 6) is 1.04. The molecule has 2 fully saturated rings. The van der Waals surface area contributed by atoms with Crippen LogP contribution in [-0.4, -0.2) is 58.6 Å². The van der Waals surface area contributed by atoms with Gasteiger partial charge in [-0.25, -0.2) is 0 Å². The molecule has 0 aliphatic carbocycles. The molecule has 0 radical (unpaired) electrons. The van der Waals surface area contributed by atoms with Gasteiger partial charge >= 0.3 is 0 Å². The molecule has 0 saturated carbocycles. The van der Waals surface area contributed by atoms with E-state index in [1.807, 2.05) is 32.0 Å². The molecule has 29 heavy (non-hydrogen) atoms. The first kappa shape index (κ1) is 20.0. The summed E-state index contributed by atoms with van der Waals surface area (Å²) in [6.45, 7) is 8.50. The van der Waals surface area contributed by atoms with Crippen molar-refractivity contribution < 1.29 is 9.32 Å². The van der Waals surface area contributed by atoms with Gasteiger partial charge in [-0.15, -0.1) is 0 Å². The van der Waals surface area contributed by atoms with Crippen LogP contribution in [0.2, 0.25) is 0 Å². The molecular weight excluding hydrogens is 366 g/mol. The van der Waals surface area contributed by atoms with Gasteiger partial charge in [0.2, 0.25) is 5.91 Å². The Bertz CT molecular complexity index is 823. The predicted octanol–water partition coefficient (Wildman–Crippen LogP) is 2.29. The zero-order valence-corrected chi connectivity index (χ0v) is 17.6. The molecule has 2 aliphatic rings. The third-order valence-electron chi connectivity index (χ3n) is 6.70. The Morgan fingerprint density at radius 2 is 2.10 bits per heavy atom. The lowest BCUT2D eigenvalue weighted by atomic mass is 9.76. The Balaban J connectivity index is 1.31. The number of pyridine rings is 1. The topological polar surface area (TPSA) is 74.5 Å². The molecule has 1 spiro atoms. The SMILES string of the molecule is Cc1noc(C)c1CN1CCC2(CC1)CC(C(=O)NCc1ccccn1)N(C)C2. The number of rotatable bonds is 5. The first-order valence-electron chi connectivity index (χ1n) is 10.5. The number of hydrogen-bond acceptors (Lipinski definition) is 6. The molecule has 1 unspecified atom stereocenters. The van der Waals surface area contributed by atoms with Crippen molar-refractivity contribution in [2.24, 2.45) is 5.41 Å². The minimum Gasteiger partial charge on any atom is -0.361 e. The van der Waals surface area contributed by atoms with Crippen molar-refractivity contribution >= 4 is 5.91 Å². The maximum Gasteiger partial charge on any atom is 0.237 e. The Labute approximate surface area is 172 Å². The number of nitrogens with one attached hydrogen (secondary N) is 1. The molecule has 0 bridgehead atoms. The molecule has 0 aromatic carbocycles. The normalized spacial score (nSPS) is 22.2. The molecule has 1 atom stereocenters. The Kier molecular flexibility index (Phi) is 5.69. The highest BCUT2D eigenvalue weighted by molar-refractivity contribution is 5.82. The van der Waals surface area contributed by atoms with Crippen LogP contribution in [0.15, 0.2) is 28.9 Å². The molecule has 7 heteroatoms. The predicted molar refractivity (Wildman–Crippen MR) is 110 cm³/mol. The maximum atomic E-state index is 12.8. The van der Waals surface area contributed by atoms with Crippen LogP contribution in [0.5, 0.6) is 0 Å². The largest absolute Gasteiger partial charge is 0.361 e. The second-order valence-corrected chi connectivity index (χ2v) is 8.75. The second-order valence-electron chi connectivity index (χ2n) is 8.75. The first-order valence-corrected chi connectivity index (χ1v) is 10.5. The van der Waals surface area contributed by atoms with Crippen molar-refractivity contribution in [1.29, 1.82) is 0 Å². The maximum absolute atomic E-state index is 12.8. The van der Waals surface area contributed by atoms with E-state index in [2.05, 4.69) is 32.3 Å². The van der Waals surface area contributed by atoms with Crippen LogP contribution in [0.25, 0.3) is 0 Å². The van der Waals surface area contributed by atoms with Crippen molar-refractivity contribution in [2.45, 2.75) is 52.2 Å². The van der Waals surface area contributed by atoms with Crippen molar-refractivity contribution in [3.63, 3.8) is 0 Å². The second kappa shape index (κ2) is 8.24. The highest BCUT2D eigenvalue weighted by Crippen LogP contribution is 2.43. The molecule has 2 saturated heterocycles. The summed E-state index contributed by atoms with van der Waals surface area (Å²) in [6, 6.07) is 5.72. The quantitative estimate of drug-likeness (QED) is 0.834. The number of carbonyl (C=O) groups excluding carboxylic acids is 1. The Morgan fingerprint density at radius 1 is 1.31 bits per heavy atom. The summed E-state index contributed by atoms with van der Waals surface area (Å²) in [5, 5.41) is 7.15. The summed E-state index contributed by atoms with van der Waals surface area (Å²) in [7, 11) is 2.08. The lowest BCUT2D eigenvalue weighted by molar-refractivity contribution is -0.125. The van der Waals surface area contributed by atoms with Gasteiger partial charge in [0.15, 0.2) is 0 Å². The standard InChI is InChI=1S/C22H31N5O2/c1-16-19(17(2)29-25-16)14-27-10-7-22(8-11-27)12-20(26(3)15-22)21(28)24-13-18-6-4-5-9-23-18/h4-6,9,20H,7-8,10-15H2,1-3H3,(H,24,28). The van der Waals surface area contributed by atoms with Crippen LogP contribution < -0.4 is 5.32 Å². The van der Waals surface area contributed by atoms with Gasteiger partial charge in [-0.2, -0.15) is 0 Å². The minimum atomic E-state index is -0.0483. The molecule has 1 amide bonds. The van der Waals surface area contributed by atoms with Gasteiger partial charge in [0.25, 0.3) is 0 Å². The average molecular weight is 398 g/mol. The van der Waals surface area contributed by atoms with Crippen LogP contribution >= 0.6 is 0 Å². The number of aryl methyl sites for hydroxylation is 2. The van der Waals surface area contributed by atoms with E-state index < -0.39 is 0 Å². The minimum absolute atomic E-state index is 0.0483. The van der Waals surface area contributed by atoms with Crippen molar-refractivity contribution in [3.8, 4) is 0 Å². The number of hydrogen-bond donors (Lipinski definition) is 1. The number of carbonyl (C=O) groups is 1. The molecule has 156 valence electrons. The third kappa shape index (κ3) is 4.36. The van der Waals surface area contributed by atoms with E-state index in [0.717, 1.165) is 62.6 Å². The molecule has 1 N–H and O–H groups in total. The summed E-state index contributed by atoms with van der Waals surface area (Å²) >= 11 is 0. The molecular formula is C22H31N5O2. The first-order chi connectivity index (χ1) is 14.0. The lowest BCUT2D eigenvalue weighted by Gasteiger charge is -2.39. The van der Waals surface area contributed by atoms with Gasteiger partial charge in [0, 0.05) is 24.8 Å². The van der Waals surface area contributed by atoms with Gasteiger partial charge in [-0.3, -0.25) is 19.6 Å². The molecule has 4 rings (SSSR count). The number of piperidine rings is 1. The molecule has 7 nitrogen and oxygen atoms in total. The third-order valence-corrected chi connectivity index (χ3v) is 6.70. The zero-order valence-electron chi connectivity index (χ0n) is 17.6. The zero-order chi connectivity index (χ0) is 20.4. The Morgan fingerprint density at radius 3 is 2.76 bits per heavy atom. The number of amides is 1. The number of aromatic nitrogens is 2. The summed E-state index contributed by atoms with van der Waals surface area (Å²) in [6.07, 6.45) is 4.96. The smallest absolute Gasteiger partial charge is 0.237 e. The summed E-state index contributed by atoms with van der Waals surface area (Å²) in [4.78, 5) is 21.8. The summed E-state index contributed by atoms with van der Waals surface area (Å²) < 4.78 is 5.31. The van der Waals surface area contributed by atoms with E-state index in [0.29, 0.717) is 6.54 Å². The number of nitrogens with zero attached hydrogens (tertiary/aromatic N) is 4. The van der Waals surface area contributed by atoms with Crippen LogP contribution in [0.3, 0.4) is 0 Å². The van der Waals surface area contributed by atoms with Gasteiger partial charge in [-0.1, -0.05) is 11.2 Å². The van der Waals surface area contributed by atoms with E-state index in [4.69, 9.17) is 4.52 Å². The van der Waals surface area contributed by atoms with E-state index in [-0.39, 0.29) is 17.4 Å². The lowest BCUT2D eigenvalue weighted by Crippen LogP contribution is -2.41. The van der Waals surface area contributed by atoms with Crippen molar-refractivity contribution in [2.75, 3.05) is 26.7 Å². The van der Waals surface area contributed by atoms with Crippen LogP contribution in [0, 0.1) is 19.3 Å². The molecule has 2 aromatic rings. The van der Waals surface area contributed by atoms with E-state index in [9.17, 15) is 4.79 Å². The monoisotopic (exact) mass is 397 g/mol. The molecule has 2 aliphatic heterocycles. The highest BCUT2D eigenvalue weighted by Gasteiger charge is 2.46. The number of likely N-dealkylation sites (N-methyl/N-ethyl adjacent to an activating group) is 1. The van der Waals surface area contributed by atoms with Crippen molar-refractivity contribution in [1.82, 2.24) is 25.3 Å².